The molecule has 0 bridgehead atoms. The minimum absolute atomic E-state index is 0. The molecule has 0 aromatic heterocycles. The Labute approximate surface area is 85.6 Å². The lowest BCUT2D eigenvalue weighted by Crippen LogP contribution is -2.29. The fourth-order valence-electron chi connectivity index (χ4n) is 0.895. The summed E-state index contributed by atoms with van der Waals surface area (Å²) >= 11 is 5.43. The normalized spacial score (nSPS) is 16.2. The highest BCUT2D eigenvalue weighted by Crippen LogP contribution is 2.05. The number of hydrogen-bond acceptors (Lipinski definition) is 2. The van der Waals surface area contributed by atoms with Gasteiger partial charge in [-0.3, -0.25) is 0 Å². The molecule has 4 heteroatoms. The summed E-state index contributed by atoms with van der Waals surface area (Å²) in [5.41, 5.74) is 1.49. The van der Waals surface area contributed by atoms with E-state index in [9.17, 15) is 0 Å². The number of halogens is 2. The van der Waals surface area contributed by atoms with Crippen molar-refractivity contribution in [1.29, 1.82) is 0 Å². The summed E-state index contributed by atoms with van der Waals surface area (Å²) in [7, 11) is 3.92. The van der Waals surface area contributed by atoms with E-state index in [1.807, 2.05) is 25.1 Å². The second kappa shape index (κ2) is 7.87. The quantitative estimate of drug-likeness (QED) is 0.772. The van der Waals surface area contributed by atoms with Gasteiger partial charge in [-0.25, -0.2) is 0 Å². The van der Waals surface area contributed by atoms with Crippen LogP contribution >= 0.6 is 24.0 Å². The van der Waals surface area contributed by atoms with E-state index in [0.717, 1.165) is 6.42 Å². The van der Waals surface area contributed by atoms with E-state index in [1.54, 1.807) is 6.92 Å². The Bertz CT molecular complexity index is 126. The Morgan fingerprint density at radius 1 is 1.50 bits per heavy atom. The van der Waals surface area contributed by atoms with E-state index in [4.69, 9.17) is 16.7 Å². The van der Waals surface area contributed by atoms with Gasteiger partial charge in [0, 0.05) is 11.6 Å². The first-order chi connectivity index (χ1) is 5.07. The van der Waals surface area contributed by atoms with Crippen molar-refractivity contribution in [1.82, 2.24) is 4.90 Å². The molecule has 1 N–H and O–H groups in total. The van der Waals surface area contributed by atoms with E-state index < -0.39 is 0 Å². The lowest BCUT2D eigenvalue weighted by atomic mass is 10.1. The summed E-state index contributed by atoms with van der Waals surface area (Å²) in [6, 6.07) is 0.229. The van der Waals surface area contributed by atoms with Crippen LogP contribution in [0.3, 0.4) is 0 Å². The first kappa shape index (κ1) is 14.7. The van der Waals surface area contributed by atoms with Crippen molar-refractivity contribution in [2.24, 2.45) is 0 Å². The molecular formula is C8H17Cl2NO. The molecule has 0 amide bonds. The third kappa shape index (κ3) is 6.92. The number of nitrogens with zero attached hydrogens (tertiary/aromatic N) is 1. The van der Waals surface area contributed by atoms with Gasteiger partial charge in [-0.05, 0) is 27.4 Å². The molecule has 0 fully saturated rings. The molecule has 74 valence electrons. The molecule has 0 aliphatic rings. The highest BCUT2D eigenvalue weighted by Gasteiger charge is 2.09. The summed E-state index contributed by atoms with van der Waals surface area (Å²) in [5.74, 6) is 0. The number of aliphatic hydroxyl groups is 1. The highest BCUT2D eigenvalue weighted by molar-refractivity contribution is 6.25. The predicted molar refractivity (Wildman–Crippen MR) is 56.0 cm³/mol. The average molecular weight is 214 g/mol. The van der Waals surface area contributed by atoms with Crippen LogP contribution in [-0.4, -0.2) is 36.2 Å². The molecule has 0 rings (SSSR count). The average Bonchev–Trinajstić information content (AvgIpc) is 1.86. The van der Waals surface area contributed by atoms with Gasteiger partial charge in [0.25, 0.3) is 0 Å². The van der Waals surface area contributed by atoms with Gasteiger partial charge < -0.3 is 10.0 Å². The summed E-state index contributed by atoms with van der Waals surface area (Å²) in [6.45, 7) is 1.78. The van der Waals surface area contributed by atoms with Crippen molar-refractivity contribution in [2.45, 2.75) is 25.5 Å². The molecule has 0 aliphatic carbocycles. The maximum Gasteiger partial charge on any atom is 0.0530 e. The maximum absolute atomic E-state index is 9.09. The lowest BCUT2D eigenvalue weighted by Gasteiger charge is -2.21. The highest BCUT2D eigenvalue weighted by atomic mass is 35.5. The van der Waals surface area contributed by atoms with Gasteiger partial charge in [0.1, 0.15) is 0 Å². The zero-order chi connectivity index (χ0) is 8.85. The molecule has 0 saturated carbocycles. The van der Waals surface area contributed by atoms with E-state index in [1.165, 1.54) is 5.54 Å². The molecule has 0 spiro atoms. The zero-order valence-electron chi connectivity index (χ0n) is 7.70. The Hall–Kier alpha value is 0.240. The maximum atomic E-state index is 9.09. The van der Waals surface area contributed by atoms with Crippen LogP contribution in [0.1, 0.15) is 13.3 Å². The van der Waals surface area contributed by atoms with Crippen molar-refractivity contribution in [3.63, 3.8) is 0 Å². The molecule has 0 aromatic carbocycles. The van der Waals surface area contributed by atoms with Crippen LogP contribution in [0.15, 0.2) is 11.6 Å². The second-order valence-electron chi connectivity index (χ2n) is 2.93. The van der Waals surface area contributed by atoms with Crippen LogP contribution in [0, 0.1) is 0 Å². The van der Waals surface area contributed by atoms with Gasteiger partial charge in [0.15, 0.2) is 0 Å². The first-order valence-corrected chi connectivity index (χ1v) is 4.13. The molecule has 0 aromatic rings. The number of aliphatic hydroxyl groups excluding tert-OH is 1. The molecule has 2 nitrogen and oxygen atoms in total. The van der Waals surface area contributed by atoms with Gasteiger partial charge in [-0.1, -0.05) is 17.7 Å². The minimum atomic E-state index is -0.282. The van der Waals surface area contributed by atoms with Crippen LogP contribution in [0.5, 0.6) is 0 Å². The molecule has 0 saturated heterocycles. The Morgan fingerprint density at radius 3 is 2.25 bits per heavy atom. The molecule has 0 aliphatic heterocycles. The lowest BCUT2D eigenvalue weighted by molar-refractivity contribution is 0.153. The van der Waals surface area contributed by atoms with Crippen molar-refractivity contribution in [2.75, 3.05) is 14.1 Å². The predicted octanol–water partition coefficient (Wildman–Crippen LogP) is 1.86. The van der Waals surface area contributed by atoms with E-state index in [2.05, 4.69) is 0 Å². The van der Waals surface area contributed by atoms with Crippen molar-refractivity contribution < 1.29 is 5.11 Å². The van der Waals surface area contributed by atoms with Gasteiger partial charge >= 0.3 is 0 Å². The fourth-order valence-corrected chi connectivity index (χ4v) is 1.06. The summed E-state index contributed by atoms with van der Waals surface area (Å²) < 4.78 is 0. The second-order valence-corrected chi connectivity index (χ2v) is 3.19. The number of rotatable bonds is 4. The Balaban J connectivity index is 0. The minimum Gasteiger partial charge on any atom is -0.393 e. The van der Waals surface area contributed by atoms with Crippen LogP contribution in [0.2, 0.25) is 0 Å². The largest absolute Gasteiger partial charge is 0.393 e. The smallest absolute Gasteiger partial charge is 0.0530 e. The summed E-state index contributed by atoms with van der Waals surface area (Å²) in [5, 5.41) is 9.09. The molecule has 0 radical (unpaired) electrons. The third-order valence-corrected chi connectivity index (χ3v) is 1.69. The molecule has 2 unspecified atom stereocenters. The molecular weight excluding hydrogens is 197 g/mol. The standard InChI is InChI=1S/C8H16ClNO.ClH/c1-7(11)6-8(4-5-9)10(2)3;/h4-5,7-8,11H,6H2,1-3H3;1H. The number of hydrogen-bond donors (Lipinski definition) is 1. The van der Waals surface area contributed by atoms with Crippen LogP contribution in [0.4, 0.5) is 0 Å². The molecule has 0 heterocycles. The van der Waals surface area contributed by atoms with Crippen LogP contribution in [-0.2, 0) is 0 Å². The third-order valence-electron chi connectivity index (χ3n) is 1.54. The van der Waals surface area contributed by atoms with Crippen molar-refractivity contribution >= 4 is 24.0 Å². The fraction of sp³-hybridized carbons (Fsp3) is 0.750. The molecule has 2 atom stereocenters. The van der Waals surface area contributed by atoms with Gasteiger partial charge in [0.05, 0.1) is 6.10 Å². The SMILES string of the molecule is CC(O)CC(C=CCl)N(C)C.Cl. The monoisotopic (exact) mass is 213 g/mol. The van der Waals surface area contributed by atoms with E-state index >= 15 is 0 Å². The van der Waals surface area contributed by atoms with Gasteiger partial charge in [0.2, 0.25) is 0 Å². The van der Waals surface area contributed by atoms with Crippen molar-refractivity contribution in [3.8, 4) is 0 Å². The first-order valence-electron chi connectivity index (χ1n) is 3.69. The van der Waals surface area contributed by atoms with Gasteiger partial charge in [-0.2, -0.15) is 0 Å². The molecule has 12 heavy (non-hydrogen) atoms. The van der Waals surface area contributed by atoms with Gasteiger partial charge in [-0.15, -0.1) is 12.4 Å². The Kier molecular flexibility index (Phi) is 9.67. The van der Waals surface area contributed by atoms with Crippen LogP contribution < -0.4 is 0 Å². The van der Waals surface area contributed by atoms with E-state index in [0.29, 0.717) is 0 Å². The van der Waals surface area contributed by atoms with E-state index in [-0.39, 0.29) is 24.6 Å². The summed E-state index contributed by atoms with van der Waals surface area (Å²) in [4.78, 5) is 2.02. The zero-order valence-corrected chi connectivity index (χ0v) is 9.27. The Morgan fingerprint density at radius 2 is 2.00 bits per heavy atom. The van der Waals surface area contributed by atoms with Crippen LogP contribution in [0.25, 0.3) is 0 Å². The topological polar surface area (TPSA) is 23.5 Å². The summed E-state index contributed by atoms with van der Waals surface area (Å²) in [6.07, 6.45) is 2.31. The number of likely N-dealkylation sites (N-methyl/N-ethyl adjacent to an activating group) is 1. The van der Waals surface area contributed by atoms with Crippen molar-refractivity contribution in [3.05, 3.63) is 11.6 Å².